The fourth-order valence-corrected chi connectivity index (χ4v) is 1.93. The van der Waals surface area contributed by atoms with E-state index < -0.39 is 0 Å². The van der Waals surface area contributed by atoms with Crippen LogP contribution in [-0.2, 0) is 5.41 Å². The van der Waals surface area contributed by atoms with Gasteiger partial charge in [-0.2, -0.15) is 4.98 Å². The van der Waals surface area contributed by atoms with Crippen molar-refractivity contribution in [3.8, 4) is 0 Å². The first-order valence-electron chi connectivity index (χ1n) is 6.54. The van der Waals surface area contributed by atoms with Crippen molar-refractivity contribution in [3.63, 3.8) is 0 Å². The lowest BCUT2D eigenvalue weighted by Crippen LogP contribution is -2.14. The standard InChI is InChI=1S/C14H15N5O2/c1-14(2,3)8-4-6-9(7-5-8)15-12-13(20)17-11-10(16-12)18-21-19-11/h4-7H,1-3H3,(H,15,16,18)(H,17,19,20). The number of aromatic nitrogens is 4. The predicted molar refractivity (Wildman–Crippen MR) is 78.6 cm³/mol. The molecule has 0 bridgehead atoms. The monoisotopic (exact) mass is 285 g/mol. The molecule has 0 aliphatic rings. The van der Waals surface area contributed by atoms with Crippen LogP contribution in [0.1, 0.15) is 26.3 Å². The number of H-pyrrole nitrogens is 1. The van der Waals surface area contributed by atoms with E-state index in [1.54, 1.807) is 0 Å². The third kappa shape index (κ3) is 2.62. The van der Waals surface area contributed by atoms with Gasteiger partial charge in [-0.3, -0.25) is 9.78 Å². The van der Waals surface area contributed by atoms with Crippen molar-refractivity contribution in [1.29, 1.82) is 0 Å². The molecule has 7 nitrogen and oxygen atoms in total. The van der Waals surface area contributed by atoms with Crippen LogP contribution >= 0.6 is 0 Å². The molecule has 0 radical (unpaired) electrons. The molecule has 0 aliphatic heterocycles. The summed E-state index contributed by atoms with van der Waals surface area (Å²) in [5.41, 5.74) is 2.18. The third-order valence-corrected chi connectivity index (χ3v) is 3.15. The Hall–Kier alpha value is -2.70. The summed E-state index contributed by atoms with van der Waals surface area (Å²) in [6.07, 6.45) is 0. The average molecular weight is 285 g/mol. The second-order valence-electron chi connectivity index (χ2n) is 5.80. The normalized spacial score (nSPS) is 11.8. The minimum atomic E-state index is -0.377. The lowest BCUT2D eigenvalue weighted by atomic mass is 9.87. The number of benzene rings is 1. The molecule has 3 rings (SSSR count). The van der Waals surface area contributed by atoms with Crippen LogP contribution < -0.4 is 10.9 Å². The van der Waals surface area contributed by atoms with Gasteiger partial charge in [-0.25, -0.2) is 4.63 Å². The molecular weight excluding hydrogens is 270 g/mol. The number of rotatable bonds is 2. The quantitative estimate of drug-likeness (QED) is 0.750. The molecule has 0 unspecified atom stereocenters. The van der Waals surface area contributed by atoms with Crippen LogP contribution in [-0.4, -0.2) is 20.3 Å². The summed E-state index contributed by atoms with van der Waals surface area (Å²) in [5, 5.41) is 10.1. The number of anilines is 2. The zero-order valence-corrected chi connectivity index (χ0v) is 12.0. The molecule has 3 aromatic rings. The highest BCUT2D eigenvalue weighted by Gasteiger charge is 2.13. The summed E-state index contributed by atoms with van der Waals surface area (Å²) in [5.74, 6) is 0.154. The van der Waals surface area contributed by atoms with Crippen molar-refractivity contribution >= 4 is 22.8 Å². The smallest absolute Gasteiger partial charge is 0.292 e. The van der Waals surface area contributed by atoms with E-state index in [9.17, 15) is 4.79 Å². The fourth-order valence-electron chi connectivity index (χ4n) is 1.93. The molecule has 7 heteroatoms. The van der Waals surface area contributed by atoms with Gasteiger partial charge >= 0.3 is 0 Å². The maximum atomic E-state index is 11.9. The lowest BCUT2D eigenvalue weighted by molar-refractivity contribution is 0.314. The van der Waals surface area contributed by atoms with Crippen molar-refractivity contribution in [2.75, 3.05) is 5.32 Å². The van der Waals surface area contributed by atoms with Crippen LogP contribution in [0.3, 0.4) is 0 Å². The van der Waals surface area contributed by atoms with Gasteiger partial charge in [0.25, 0.3) is 5.56 Å². The zero-order valence-electron chi connectivity index (χ0n) is 12.0. The van der Waals surface area contributed by atoms with E-state index in [0.717, 1.165) is 5.69 Å². The van der Waals surface area contributed by atoms with E-state index in [1.807, 2.05) is 24.3 Å². The molecule has 2 N–H and O–H groups in total. The molecule has 0 saturated carbocycles. The number of nitrogens with one attached hydrogen (secondary N) is 2. The van der Waals surface area contributed by atoms with Gasteiger partial charge in [0.15, 0.2) is 5.82 Å². The largest absolute Gasteiger partial charge is 0.336 e. The van der Waals surface area contributed by atoms with Gasteiger partial charge in [-0.15, -0.1) is 0 Å². The third-order valence-electron chi connectivity index (χ3n) is 3.15. The number of hydrogen-bond donors (Lipinski definition) is 2. The van der Waals surface area contributed by atoms with E-state index in [4.69, 9.17) is 0 Å². The zero-order chi connectivity index (χ0) is 15.0. The van der Waals surface area contributed by atoms with Crippen molar-refractivity contribution in [2.45, 2.75) is 26.2 Å². The molecule has 2 aromatic heterocycles. The summed E-state index contributed by atoms with van der Waals surface area (Å²) < 4.78 is 4.52. The van der Waals surface area contributed by atoms with Gasteiger partial charge in [0.1, 0.15) is 0 Å². The fraction of sp³-hybridized carbons (Fsp3) is 0.286. The van der Waals surface area contributed by atoms with Crippen molar-refractivity contribution in [2.24, 2.45) is 0 Å². The van der Waals surface area contributed by atoms with E-state index in [-0.39, 0.29) is 28.1 Å². The molecule has 0 saturated heterocycles. The van der Waals surface area contributed by atoms with Crippen LogP contribution in [0.15, 0.2) is 33.7 Å². The first-order chi connectivity index (χ1) is 9.93. The molecular formula is C14H15N5O2. The number of nitrogens with zero attached hydrogens (tertiary/aromatic N) is 3. The first kappa shape index (κ1) is 13.3. The van der Waals surface area contributed by atoms with Crippen molar-refractivity contribution in [1.82, 2.24) is 20.3 Å². The Kier molecular flexibility index (Phi) is 2.97. The SMILES string of the molecule is CC(C)(C)c1ccc(Nc2nc3nonc3[nH]c2=O)cc1. The number of aromatic amines is 1. The Morgan fingerprint density at radius 2 is 1.86 bits per heavy atom. The molecule has 0 aliphatic carbocycles. The summed E-state index contributed by atoms with van der Waals surface area (Å²) >= 11 is 0. The van der Waals surface area contributed by atoms with E-state index in [1.165, 1.54) is 5.56 Å². The second-order valence-corrected chi connectivity index (χ2v) is 5.80. The summed E-state index contributed by atoms with van der Waals surface area (Å²) in [7, 11) is 0. The molecule has 0 spiro atoms. The summed E-state index contributed by atoms with van der Waals surface area (Å²) in [6, 6.07) is 7.86. The van der Waals surface area contributed by atoms with Crippen molar-refractivity contribution < 1.29 is 4.63 Å². The molecule has 1 aromatic carbocycles. The van der Waals surface area contributed by atoms with Gasteiger partial charge in [-0.1, -0.05) is 32.9 Å². The maximum absolute atomic E-state index is 11.9. The first-order valence-corrected chi connectivity index (χ1v) is 6.54. The minimum absolute atomic E-state index is 0.0829. The molecule has 0 fully saturated rings. The Bertz CT molecular complexity index is 827. The van der Waals surface area contributed by atoms with Gasteiger partial charge in [0, 0.05) is 5.69 Å². The lowest BCUT2D eigenvalue weighted by Gasteiger charge is -2.19. The Morgan fingerprint density at radius 3 is 2.52 bits per heavy atom. The highest BCUT2D eigenvalue weighted by Crippen LogP contribution is 2.24. The minimum Gasteiger partial charge on any atom is -0.336 e. The van der Waals surface area contributed by atoms with E-state index in [2.05, 4.69) is 51.0 Å². The Balaban J connectivity index is 1.91. The van der Waals surface area contributed by atoms with Crippen molar-refractivity contribution in [3.05, 3.63) is 40.2 Å². The van der Waals surface area contributed by atoms with Gasteiger partial charge in [-0.05, 0) is 33.4 Å². The van der Waals surface area contributed by atoms with Gasteiger partial charge in [0.05, 0.1) is 0 Å². The topological polar surface area (TPSA) is 96.7 Å². The van der Waals surface area contributed by atoms with Gasteiger partial charge in [0.2, 0.25) is 11.3 Å². The highest BCUT2D eigenvalue weighted by molar-refractivity contribution is 5.67. The number of hydrogen-bond acceptors (Lipinski definition) is 6. The van der Waals surface area contributed by atoms with Crippen LogP contribution in [0.5, 0.6) is 0 Å². The maximum Gasteiger partial charge on any atom is 0.292 e. The average Bonchev–Trinajstić information content (AvgIpc) is 2.86. The predicted octanol–water partition coefficient (Wildman–Crippen LogP) is 2.35. The van der Waals surface area contributed by atoms with Crippen LogP contribution in [0, 0.1) is 0 Å². The van der Waals surface area contributed by atoms with E-state index in [0.29, 0.717) is 0 Å². The second kappa shape index (κ2) is 4.69. The highest BCUT2D eigenvalue weighted by atomic mass is 16.6. The molecule has 0 atom stereocenters. The summed E-state index contributed by atoms with van der Waals surface area (Å²) in [4.78, 5) is 18.5. The van der Waals surface area contributed by atoms with Crippen LogP contribution in [0.25, 0.3) is 11.3 Å². The van der Waals surface area contributed by atoms with E-state index >= 15 is 0 Å². The molecule has 2 heterocycles. The van der Waals surface area contributed by atoms with Crippen LogP contribution in [0.2, 0.25) is 0 Å². The summed E-state index contributed by atoms with van der Waals surface area (Å²) in [6.45, 7) is 6.44. The number of fused-ring (bicyclic) bond motifs is 1. The Morgan fingerprint density at radius 1 is 1.14 bits per heavy atom. The van der Waals surface area contributed by atoms with Crippen LogP contribution in [0.4, 0.5) is 11.5 Å². The van der Waals surface area contributed by atoms with Gasteiger partial charge < -0.3 is 5.32 Å². The molecule has 0 amide bonds. The molecule has 21 heavy (non-hydrogen) atoms. The Labute approximate surface area is 120 Å². The molecule has 108 valence electrons.